The van der Waals surface area contributed by atoms with E-state index in [1.807, 2.05) is 0 Å². The quantitative estimate of drug-likeness (QED) is 0.679. The molecule has 0 bridgehead atoms. The highest BCUT2D eigenvalue weighted by molar-refractivity contribution is 7.90. The van der Waals surface area contributed by atoms with Gasteiger partial charge in [0.2, 0.25) is 0 Å². The van der Waals surface area contributed by atoms with Crippen LogP contribution in [0.15, 0.2) is 0 Å². The van der Waals surface area contributed by atoms with Crippen LogP contribution in [0.1, 0.15) is 20.8 Å². The van der Waals surface area contributed by atoms with Crippen LogP contribution in [0.5, 0.6) is 0 Å². The fourth-order valence-corrected chi connectivity index (χ4v) is 2.42. The van der Waals surface area contributed by atoms with Crippen LogP contribution in [0.25, 0.3) is 0 Å². The third kappa shape index (κ3) is 5.74. The second-order valence-corrected chi connectivity index (χ2v) is 6.44. The van der Waals surface area contributed by atoms with Crippen molar-refractivity contribution in [2.75, 3.05) is 19.1 Å². The minimum atomic E-state index is -3.04. The lowest BCUT2D eigenvalue weighted by molar-refractivity contribution is -0.147. The summed E-state index contributed by atoms with van der Waals surface area (Å²) in [5.74, 6) is -0.421. The first-order chi connectivity index (χ1) is 6.58. The van der Waals surface area contributed by atoms with Crippen LogP contribution >= 0.6 is 0 Å². The maximum atomic E-state index is 11.3. The molecule has 0 amide bonds. The number of carbonyl (C=O) groups excluding carboxylic acids is 1. The van der Waals surface area contributed by atoms with Crippen LogP contribution in [-0.4, -0.2) is 45.1 Å². The number of hydrogen-bond acceptors (Lipinski definition) is 5. The van der Waals surface area contributed by atoms with Gasteiger partial charge in [0.15, 0.2) is 0 Å². The fraction of sp³-hybridized carbons (Fsp3) is 0.889. The fourth-order valence-electron chi connectivity index (χ4n) is 1.43. The van der Waals surface area contributed by atoms with Crippen molar-refractivity contribution in [3.05, 3.63) is 0 Å². The maximum absolute atomic E-state index is 11.3. The molecule has 1 atom stereocenters. The number of methoxy groups -OCH3 is 1. The van der Waals surface area contributed by atoms with E-state index in [1.54, 1.807) is 20.8 Å². The third-order valence-corrected chi connectivity index (χ3v) is 2.96. The van der Waals surface area contributed by atoms with Crippen molar-refractivity contribution in [2.45, 2.75) is 32.4 Å². The number of esters is 1. The summed E-state index contributed by atoms with van der Waals surface area (Å²) in [7, 11) is -1.74. The molecule has 15 heavy (non-hydrogen) atoms. The lowest BCUT2D eigenvalue weighted by atomic mass is 10.1. The summed E-state index contributed by atoms with van der Waals surface area (Å²) < 4.78 is 26.6. The van der Waals surface area contributed by atoms with Gasteiger partial charge in [0.25, 0.3) is 0 Å². The van der Waals surface area contributed by atoms with Gasteiger partial charge in [-0.3, -0.25) is 10.1 Å². The summed E-state index contributed by atoms with van der Waals surface area (Å²) in [5, 5.41) is 2.91. The van der Waals surface area contributed by atoms with Gasteiger partial charge in [-0.15, -0.1) is 0 Å². The molecule has 0 saturated carbocycles. The first-order valence-corrected chi connectivity index (χ1v) is 6.68. The second kappa shape index (κ2) is 4.94. The van der Waals surface area contributed by atoms with Gasteiger partial charge in [0.05, 0.1) is 12.9 Å². The predicted octanol–water partition coefficient (Wildman–Crippen LogP) is -0.0393. The Bertz CT molecular complexity index is 321. The molecule has 0 aliphatic carbocycles. The Labute approximate surface area is 91.1 Å². The highest BCUT2D eigenvalue weighted by Gasteiger charge is 2.30. The van der Waals surface area contributed by atoms with Crippen molar-refractivity contribution in [3.8, 4) is 0 Å². The molecule has 0 aromatic carbocycles. The van der Waals surface area contributed by atoms with Crippen molar-refractivity contribution < 1.29 is 17.9 Å². The summed E-state index contributed by atoms with van der Waals surface area (Å²) in [5.41, 5.74) is -0.876. The van der Waals surface area contributed by atoms with E-state index in [2.05, 4.69) is 10.1 Å². The number of hydrogen-bond donors (Lipinski definition) is 1. The zero-order chi connectivity index (χ0) is 12.3. The first kappa shape index (κ1) is 14.4. The van der Waals surface area contributed by atoms with E-state index in [4.69, 9.17) is 0 Å². The molecule has 0 aromatic rings. The normalized spacial score (nSPS) is 14.7. The molecule has 0 aliphatic heterocycles. The number of rotatable bonds is 5. The summed E-state index contributed by atoms with van der Waals surface area (Å²) in [6.07, 6.45) is 1.16. The Balaban J connectivity index is 4.41. The molecule has 0 aliphatic rings. The molecule has 0 rings (SSSR count). The van der Waals surface area contributed by atoms with Gasteiger partial charge in [0, 0.05) is 12.3 Å². The average Bonchev–Trinajstić information content (AvgIpc) is 1.97. The largest absolute Gasteiger partial charge is 0.468 e. The lowest BCUT2D eigenvalue weighted by Gasteiger charge is -2.27. The number of sulfone groups is 1. The zero-order valence-corrected chi connectivity index (χ0v) is 10.6. The van der Waals surface area contributed by atoms with Crippen molar-refractivity contribution >= 4 is 15.8 Å². The molecular formula is C9H19NO4S. The molecule has 5 nitrogen and oxygen atoms in total. The Kier molecular flexibility index (Phi) is 4.73. The molecule has 0 spiro atoms. The first-order valence-electron chi connectivity index (χ1n) is 4.62. The highest BCUT2D eigenvalue weighted by Crippen LogP contribution is 2.06. The van der Waals surface area contributed by atoms with E-state index >= 15 is 0 Å². The SMILES string of the molecule is COC(=O)C(C)(C)NC(C)CS(C)(=O)=O. The van der Waals surface area contributed by atoms with Crippen LogP contribution in [0.3, 0.4) is 0 Å². The third-order valence-electron chi connectivity index (χ3n) is 1.86. The summed E-state index contributed by atoms with van der Waals surface area (Å²) in [4.78, 5) is 11.3. The Morgan fingerprint density at radius 3 is 2.27 bits per heavy atom. The minimum Gasteiger partial charge on any atom is -0.468 e. The molecular weight excluding hydrogens is 218 g/mol. The van der Waals surface area contributed by atoms with Crippen LogP contribution in [0.2, 0.25) is 0 Å². The standard InChI is InChI=1S/C9H19NO4S/c1-7(6-15(5,12)13)10-9(2,3)8(11)14-4/h7,10H,6H2,1-5H3. The van der Waals surface area contributed by atoms with Crippen molar-refractivity contribution in [1.29, 1.82) is 0 Å². The van der Waals surface area contributed by atoms with E-state index in [0.717, 1.165) is 6.26 Å². The maximum Gasteiger partial charge on any atom is 0.325 e. The molecule has 0 fully saturated rings. The van der Waals surface area contributed by atoms with E-state index in [-0.39, 0.29) is 11.8 Å². The molecule has 0 heterocycles. The van der Waals surface area contributed by atoms with Crippen LogP contribution in [0.4, 0.5) is 0 Å². The topological polar surface area (TPSA) is 72.5 Å². The summed E-state index contributed by atoms with van der Waals surface area (Å²) in [6.45, 7) is 5.01. The number of carbonyl (C=O) groups is 1. The van der Waals surface area contributed by atoms with Gasteiger partial charge < -0.3 is 4.74 Å². The summed E-state index contributed by atoms with van der Waals surface area (Å²) >= 11 is 0. The molecule has 6 heteroatoms. The Hall–Kier alpha value is -0.620. The van der Waals surface area contributed by atoms with Crippen molar-refractivity contribution in [3.63, 3.8) is 0 Å². The molecule has 0 saturated heterocycles. The van der Waals surface area contributed by atoms with Crippen molar-refractivity contribution in [2.24, 2.45) is 0 Å². The monoisotopic (exact) mass is 237 g/mol. The van der Waals surface area contributed by atoms with Gasteiger partial charge >= 0.3 is 5.97 Å². The van der Waals surface area contributed by atoms with E-state index in [9.17, 15) is 13.2 Å². The Morgan fingerprint density at radius 1 is 1.47 bits per heavy atom. The van der Waals surface area contributed by atoms with E-state index in [0.29, 0.717) is 0 Å². The van der Waals surface area contributed by atoms with Crippen LogP contribution < -0.4 is 5.32 Å². The van der Waals surface area contributed by atoms with Gasteiger partial charge in [-0.1, -0.05) is 0 Å². The molecule has 0 aromatic heterocycles. The van der Waals surface area contributed by atoms with Crippen LogP contribution in [-0.2, 0) is 19.4 Å². The smallest absolute Gasteiger partial charge is 0.325 e. The van der Waals surface area contributed by atoms with Crippen LogP contribution in [0, 0.1) is 0 Å². The highest BCUT2D eigenvalue weighted by atomic mass is 32.2. The van der Waals surface area contributed by atoms with Gasteiger partial charge in [-0.25, -0.2) is 8.42 Å². The van der Waals surface area contributed by atoms with Gasteiger partial charge in [-0.05, 0) is 20.8 Å². The minimum absolute atomic E-state index is 0.00652. The van der Waals surface area contributed by atoms with E-state index < -0.39 is 21.3 Å². The zero-order valence-electron chi connectivity index (χ0n) is 9.83. The predicted molar refractivity (Wildman–Crippen MR) is 58.4 cm³/mol. The number of ether oxygens (including phenoxy) is 1. The second-order valence-electron chi connectivity index (χ2n) is 4.25. The Morgan fingerprint density at radius 2 is 1.93 bits per heavy atom. The van der Waals surface area contributed by atoms with E-state index in [1.165, 1.54) is 7.11 Å². The molecule has 1 unspecified atom stereocenters. The summed E-state index contributed by atoms with van der Waals surface area (Å²) in [6, 6.07) is -0.297. The van der Waals surface area contributed by atoms with Crippen molar-refractivity contribution in [1.82, 2.24) is 5.32 Å². The lowest BCUT2D eigenvalue weighted by Crippen LogP contribution is -2.52. The molecule has 0 radical (unpaired) electrons. The average molecular weight is 237 g/mol. The van der Waals surface area contributed by atoms with Gasteiger partial charge in [0.1, 0.15) is 15.4 Å². The molecule has 1 N–H and O–H groups in total. The molecule has 90 valence electrons. The number of nitrogens with one attached hydrogen (secondary N) is 1. The van der Waals surface area contributed by atoms with Gasteiger partial charge in [-0.2, -0.15) is 0 Å².